The molecule has 0 aliphatic heterocycles. The van der Waals surface area contributed by atoms with Gasteiger partial charge in [0.2, 0.25) is 0 Å². The molecule has 2 rings (SSSR count). The predicted octanol–water partition coefficient (Wildman–Crippen LogP) is 2.63. The lowest BCUT2D eigenvalue weighted by Crippen LogP contribution is -2.24. The topological polar surface area (TPSA) is 73.2 Å². The highest BCUT2D eigenvalue weighted by molar-refractivity contribution is 6.05. The number of rotatable bonds is 3. The molecule has 1 aromatic heterocycles. The van der Waals surface area contributed by atoms with E-state index in [1.54, 1.807) is 63.1 Å². The first-order valence-corrected chi connectivity index (χ1v) is 6.88. The molecule has 0 atom stereocenters. The Morgan fingerprint density at radius 2 is 1.91 bits per heavy atom. The number of hydrogen-bond acceptors (Lipinski definition) is 4. The van der Waals surface area contributed by atoms with Gasteiger partial charge < -0.3 is 10.1 Å². The van der Waals surface area contributed by atoms with E-state index in [9.17, 15) is 9.59 Å². The maximum absolute atomic E-state index is 12.2. The molecule has 0 saturated carbocycles. The highest BCUT2D eigenvalue weighted by atomic mass is 16.6. The van der Waals surface area contributed by atoms with Crippen LogP contribution in [0.1, 0.15) is 41.5 Å². The molecule has 6 nitrogen and oxygen atoms in total. The van der Waals surface area contributed by atoms with Crippen LogP contribution in [0.3, 0.4) is 0 Å². The highest BCUT2D eigenvalue weighted by Gasteiger charge is 2.19. The first kappa shape index (κ1) is 15.8. The van der Waals surface area contributed by atoms with Crippen molar-refractivity contribution in [1.29, 1.82) is 0 Å². The zero-order chi connectivity index (χ0) is 16.3. The number of anilines is 1. The van der Waals surface area contributed by atoms with Gasteiger partial charge in [-0.15, -0.1) is 0 Å². The van der Waals surface area contributed by atoms with Crippen molar-refractivity contribution < 1.29 is 14.3 Å². The zero-order valence-corrected chi connectivity index (χ0v) is 13.1. The first-order chi connectivity index (χ1) is 10.2. The summed E-state index contributed by atoms with van der Waals surface area (Å²) in [6.07, 6.45) is 3.24. The maximum atomic E-state index is 12.2. The van der Waals surface area contributed by atoms with Crippen LogP contribution in [0.5, 0.6) is 0 Å². The Bertz CT molecular complexity index is 699. The molecule has 0 fully saturated rings. The number of aromatic nitrogens is 2. The number of carbonyl (C=O) groups is 2. The van der Waals surface area contributed by atoms with Crippen LogP contribution in [0.15, 0.2) is 36.7 Å². The summed E-state index contributed by atoms with van der Waals surface area (Å²) < 4.78 is 6.89. The van der Waals surface area contributed by atoms with E-state index in [4.69, 9.17) is 4.74 Å². The van der Waals surface area contributed by atoms with E-state index in [1.807, 2.05) is 0 Å². The fourth-order valence-corrected chi connectivity index (χ4v) is 1.81. The summed E-state index contributed by atoms with van der Waals surface area (Å²) in [6, 6.07) is 6.42. The Balaban J connectivity index is 2.14. The molecule has 0 aliphatic rings. The fourth-order valence-electron chi connectivity index (χ4n) is 1.81. The number of amides is 1. The van der Waals surface area contributed by atoms with Gasteiger partial charge >= 0.3 is 5.97 Å². The third kappa shape index (κ3) is 4.18. The lowest BCUT2D eigenvalue weighted by Gasteiger charge is -2.19. The van der Waals surface area contributed by atoms with Gasteiger partial charge in [-0.3, -0.25) is 9.48 Å². The Kier molecular flexibility index (Phi) is 4.30. The number of ether oxygens (including phenoxy) is 1. The van der Waals surface area contributed by atoms with E-state index in [2.05, 4.69) is 10.4 Å². The molecule has 0 bridgehead atoms. The van der Waals surface area contributed by atoms with Gasteiger partial charge in [0.1, 0.15) is 5.60 Å². The molecule has 2 aromatic rings. The molecule has 0 radical (unpaired) electrons. The van der Waals surface area contributed by atoms with Crippen molar-refractivity contribution in [3.63, 3.8) is 0 Å². The molecular formula is C16H19N3O3. The molecular weight excluding hydrogens is 282 g/mol. The van der Waals surface area contributed by atoms with E-state index in [-0.39, 0.29) is 5.91 Å². The number of carbonyl (C=O) groups excluding carboxylic acids is 2. The molecule has 1 heterocycles. The van der Waals surface area contributed by atoms with Gasteiger partial charge in [-0.05, 0) is 39.0 Å². The Hall–Kier alpha value is -2.63. The summed E-state index contributed by atoms with van der Waals surface area (Å²) in [6.45, 7) is 5.39. The van der Waals surface area contributed by atoms with Gasteiger partial charge in [-0.1, -0.05) is 6.07 Å². The molecule has 0 spiro atoms. The number of aryl methyl sites for hydroxylation is 1. The maximum Gasteiger partial charge on any atom is 0.338 e. The van der Waals surface area contributed by atoms with Crippen molar-refractivity contribution in [2.75, 3.05) is 5.32 Å². The summed E-state index contributed by atoms with van der Waals surface area (Å²) in [5.41, 5.74) is 0.738. The van der Waals surface area contributed by atoms with E-state index in [1.165, 1.54) is 6.07 Å². The molecule has 22 heavy (non-hydrogen) atoms. The van der Waals surface area contributed by atoms with Crippen LogP contribution in [0, 0.1) is 0 Å². The molecule has 1 aromatic carbocycles. The minimum atomic E-state index is -0.578. The van der Waals surface area contributed by atoms with Gasteiger partial charge in [0.15, 0.2) is 0 Å². The van der Waals surface area contributed by atoms with E-state index in [0.29, 0.717) is 16.8 Å². The van der Waals surface area contributed by atoms with Crippen LogP contribution in [0.4, 0.5) is 5.69 Å². The number of hydrogen-bond donors (Lipinski definition) is 1. The SMILES string of the molecule is Cn1cc(NC(=O)c2cccc(C(=O)OC(C)(C)C)c2)cn1. The quantitative estimate of drug-likeness (QED) is 0.884. The molecule has 0 saturated heterocycles. The predicted molar refractivity (Wildman–Crippen MR) is 82.8 cm³/mol. The van der Waals surface area contributed by atoms with E-state index < -0.39 is 11.6 Å². The Morgan fingerprint density at radius 3 is 2.50 bits per heavy atom. The number of esters is 1. The van der Waals surface area contributed by atoms with Crippen molar-refractivity contribution in [3.8, 4) is 0 Å². The van der Waals surface area contributed by atoms with Gasteiger partial charge in [0, 0.05) is 18.8 Å². The monoisotopic (exact) mass is 301 g/mol. The molecule has 6 heteroatoms. The van der Waals surface area contributed by atoms with Crippen molar-refractivity contribution >= 4 is 17.6 Å². The van der Waals surface area contributed by atoms with Gasteiger partial charge in [0.05, 0.1) is 17.4 Å². The van der Waals surface area contributed by atoms with Crippen LogP contribution in [-0.2, 0) is 11.8 Å². The van der Waals surface area contributed by atoms with Gasteiger partial charge in [-0.25, -0.2) is 4.79 Å². The molecule has 0 aliphatic carbocycles. The zero-order valence-electron chi connectivity index (χ0n) is 13.1. The average Bonchev–Trinajstić information content (AvgIpc) is 2.82. The van der Waals surface area contributed by atoms with Crippen molar-refractivity contribution in [2.24, 2.45) is 7.05 Å². The summed E-state index contributed by atoms with van der Waals surface area (Å²) in [5.74, 6) is -0.762. The molecule has 1 amide bonds. The molecule has 1 N–H and O–H groups in total. The third-order valence-electron chi connectivity index (χ3n) is 2.72. The lowest BCUT2D eigenvalue weighted by molar-refractivity contribution is 0.00695. The second-order valence-electron chi connectivity index (χ2n) is 5.94. The van der Waals surface area contributed by atoms with E-state index in [0.717, 1.165) is 0 Å². The van der Waals surface area contributed by atoms with Crippen LogP contribution in [0.2, 0.25) is 0 Å². The van der Waals surface area contributed by atoms with Crippen molar-refractivity contribution in [3.05, 3.63) is 47.8 Å². The van der Waals surface area contributed by atoms with Gasteiger partial charge in [0.25, 0.3) is 5.91 Å². The van der Waals surface area contributed by atoms with Crippen LogP contribution in [0.25, 0.3) is 0 Å². The number of nitrogens with zero attached hydrogens (tertiary/aromatic N) is 2. The molecule has 0 unspecified atom stereocenters. The third-order valence-corrected chi connectivity index (χ3v) is 2.72. The van der Waals surface area contributed by atoms with Crippen LogP contribution >= 0.6 is 0 Å². The second-order valence-corrected chi connectivity index (χ2v) is 5.94. The highest BCUT2D eigenvalue weighted by Crippen LogP contribution is 2.14. The van der Waals surface area contributed by atoms with Crippen molar-refractivity contribution in [1.82, 2.24) is 9.78 Å². The standard InChI is InChI=1S/C16H19N3O3/c1-16(2,3)22-15(21)12-7-5-6-11(8-12)14(20)18-13-9-17-19(4)10-13/h5-10H,1-4H3,(H,18,20). The fraction of sp³-hybridized carbons (Fsp3) is 0.312. The summed E-state index contributed by atoms with van der Waals surface area (Å²) in [4.78, 5) is 24.2. The Morgan fingerprint density at radius 1 is 1.23 bits per heavy atom. The summed E-state index contributed by atoms with van der Waals surface area (Å²) in [5, 5.41) is 6.70. The van der Waals surface area contributed by atoms with E-state index >= 15 is 0 Å². The molecule has 116 valence electrons. The summed E-state index contributed by atoms with van der Waals surface area (Å²) >= 11 is 0. The number of nitrogens with one attached hydrogen (secondary N) is 1. The van der Waals surface area contributed by atoms with Crippen LogP contribution in [-0.4, -0.2) is 27.3 Å². The van der Waals surface area contributed by atoms with Crippen LogP contribution < -0.4 is 5.32 Å². The first-order valence-electron chi connectivity index (χ1n) is 6.88. The summed E-state index contributed by atoms with van der Waals surface area (Å²) in [7, 11) is 1.76. The van der Waals surface area contributed by atoms with Crippen molar-refractivity contribution in [2.45, 2.75) is 26.4 Å². The van der Waals surface area contributed by atoms with Gasteiger partial charge in [-0.2, -0.15) is 5.10 Å². The number of benzene rings is 1. The largest absolute Gasteiger partial charge is 0.456 e. The average molecular weight is 301 g/mol. The minimum absolute atomic E-state index is 0.307. The second kappa shape index (κ2) is 6.01. The smallest absolute Gasteiger partial charge is 0.338 e. The normalized spacial score (nSPS) is 11.1. The Labute approximate surface area is 129 Å². The lowest BCUT2D eigenvalue weighted by atomic mass is 10.1. The minimum Gasteiger partial charge on any atom is -0.456 e.